The van der Waals surface area contributed by atoms with Gasteiger partial charge in [-0.1, -0.05) is 57.2 Å². The fourth-order valence-electron chi connectivity index (χ4n) is 5.06. The maximum atomic E-state index is 6.58. The van der Waals surface area contributed by atoms with E-state index in [0.717, 1.165) is 46.1 Å². The molecule has 2 aliphatic heterocycles. The maximum Gasteiger partial charge on any atom is 0.260 e. The predicted octanol–water partition coefficient (Wildman–Crippen LogP) is 5.37. The number of ether oxygens (including phenoxy) is 2. The lowest BCUT2D eigenvalue weighted by Gasteiger charge is -2.33. The average molecular weight is 431 g/mol. The van der Waals surface area contributed by atoms with Gasteiger partial charge in [-0.15, -0.1) is 0 Å². The van der Waals surface area contributed by atoms with Crippen molar-refractivity contribution in [3.05, 3.63) is 84.1 Å². The van der Waals surface area contributed by atoms with Crippen LogP contribution in [0.15, 0.2) is 72.9 Å². The molecule has 2 aliphatic rings. The van der Waals surface area contributed by atoms with Crippen molar-refractivity contribution < 1.29 is 9.47 Å². The van der Waals surface area contributed by atoms with Crippen molar-refractivity contribution in [1.82, 2.24) is 4.98 Å². The zero-order chi connectivity index (χ0) is 22.7. The van der Waals surface area contributed by atoms with Gasteiger partial charge in [0.2, 0.25) is 0 Å². The van der Waals surface area contributed by atoms with E-state index in [0.29, 0.717) is 0 Å². The first-order chi connectivity index (χ1) is 15.9. The van der Waals surface area contributed by atoms with E-state index in [1.807, 2.05) is 24.4 Å². The molecule has 4 aromatic rings. The zero-order valence-electron chi connectivity index (χ0n) is 19.5. The smallest absolute Gasteiger partial charge is 0.260 e. The van der Waals surface area contributed by atoms with Crippen LogP contribution in [0, 0.1) is 12.3 Å². The number of aryl methyl sites for hydroxylation is 1. The topological polar surface area (TPSA) is 31.4 Å². The van der Waals surface area contributed by atoms with Crippen LogP contribution in [0.25, 0.3) is 11.3 Å². The van der Waals surface area contributed by atoms with E-state index < -0.39 is 0 Å². The quantitative estimate of drug-likeness (QED) is 0.346. The molecule has 0 unspecified atom stereocenters. The van der Waals surface area contributed by atoms with Crippen LogP contribution in [0.4, 0.5) is 0 Å². The highest BCUT2D eigenvalue weighted by Crippen LogP contribution is 2.40. The van der Waals surface area contributed by atoms with Crippen LogP contribution in [0.3, 0.4) is 0 Å². The lowest BCUT2D eigenvalue weighted by atomic mass is 9.34. The summed E-state index contributed by atoms with van der Waals surface area (Å²) < 4.78 is 12.9. The van der Waals surface area contributed by atoms with Gasteiger partial charge in [0.1, 0.15) is 23.0 Å². The summed E-state index contributed by atoms with van der Waals surface area (Å²) in [6, 6.07) is 23.0. The third-order valence-corrected chi connectivity index (χ3v) is 6.55. The average Bonchev–Trinajstić information content (AvgIpc) is 2.79. The second kappa shape index (κ2) is 7.24. The second-order valence-corrected chi connectivity index (χ2v) is 10.3. The third kappa shape index (κ3) is 3.33. The van der Waals surface area contributed by atoms with Gasteiger partial charge in [-0.2, -0.15) is 0 Å². The molecule has 0 spiro atoms. The Morgan fingerprint density at radius 2 is 1.48 bits per heavy atom. The maximum absolute atomic E-state index is 6.58. The normalized spacial score (nSPS) is 13.4. The van der Waals surface area contributed by atoms with E-state index >= 15 is 0 Å². The van der Waals surface area contributed by atoms with Gasteiger partial charge in [-0.3, -0.25) is 4.98 Å². The van der Waals surface area contributed by atoms with Crippen LogP contribution in [0.1, 0.15) is 31.9 Å². The Morgan fingerprint density at radius 3 is 2.18 bits per heavy atom. The van der Waals surface area contributed by atoms with Gasteiger partial charge in [0.15, 0.2) is 0 Å². The molecule has 0 N–H and O–H groups in total. The van der Waals surface area contributed by atoms with Crippen LogP contribution < -0.4 is 25.9 Å². The molecule has 4 heteroatoms. The summed E-state index contributed by atoms with van der Waals surface area (Å²) >= 11 is 0. The molecular formula is C29H26BNO2. The van der Waals surface area contributed by atoms with Crippen molar-refractivity contribution in [3.63, 3.8) is 0 Å². The highest BCUT2D eigenvalue weighted by Gasteiger charge is 2.41. The van der Waals surface area contributed by atoms with Crippen molar-refractivity contribution in [2.75, 3.05) is 0 Å². The van der Waals surface area contributed by atoms with Gasteiger partial charge in [0.25, 0.3) is 6.71 Å². The zero-order valence-corrected chi connectivity index (χ0v) is 19.5. The van der Waals surface area contributed by atoms with Crippen molar-refractivity contribution in [2.24, 2.45) is 5.41 Å². The highest BCUT2D eigenvalue weighted by molar-refractivity contribution is 6.98. The number of aromatic nitrogens is 1. The van der Waals surface area contributed by atoms with E-state index in [9.17, 15) is 0 Å². The molecule has 0 amide bonds. The Balaban J connectivity index is 1.57. The van der Waals surface area contributed by atoms with Gasteiger partial charge in [0.05, 0.1) is 5.69 Å². The number of fused-ring (bicyclic) bond motifs is 4. The second-order valence-electron chi connectivity index (χ2n) is 10.3. The summed E-state index contributed by atoms with van der Waals surface area (Å²) in [5.41, 5.74) is 8.12. The molecule has 3 nitrogen and oxygen atoms in total. The first-order valence-electron chi connectivity index (χ1n) is 11.6. The number of hydrogen-bond donors (Lipinski definition) is 0. The molecule has 1 aromatic heterocycles. The molecule has 3 heterocycles. The van der Waals surface area contributed by atoms with E-state index in [-0.39, 0.29) is 12.1 Å². The number of rotatable bonds is 2. The number of nitrogens with zero attached hydrogens (tertiary/aromatic N) is 1. The summed E-state index contributed by atoms with van der Waals surface area (Å²) in [5.74, 6) is 3.51. The van der Waals surface area contributed by atoms with Crippen molar-refractivity contribution in [1.29, 1.82) is 0 Å². The number of pyridine rings is 1. The van der Waals surface area contributed by atoms with Gasteiger partial charge < -0.3 is 9.47 Å². The highest BCUT2D eigenvalue weighted by atomic mass is 16.5. The molecule has 0 saturated carbocycles. The number of para-hydroxylation sites is 2. The molecule has 33 heavy (non-hydrogen) atoms. The van der Waals surface area contributed by atoms with E-state index in [1.54, 1.807) is 0 Å². The molecule has 0 saturated heterocycles. The fraction of sp³-hybridized carbons (Fsp3) is 0.207. The summed E-state index contributed by atoms with van der Waals surface area (Å²) in [6.45, 7) is 9.03. The van der Waals surface area contributed by atoms with Crippen LogP contribution in [-0.4, -0.2) is 11.7 Å². The largest absolute Gasteiger partial charge is 0.458 e. The van der Waals surface area contributed by atoms with Gasteiger partial charge in [0, 0.05) is 17.2 Å². The van der Waals surface area contributed by atoms with Gasteiger partial charge >= 0.3 is 0 Å². The first-order valence-corrected chi connectivity index (χ1v) is 11.6. The summed E-state index contributed by atoms with van der Waals surface area (Å²) in [5, 5.41) is 0. The van der Waals surface area contributed by atoms with Crippen LogP contribution >= 0.6 is 0 Å². The molecule has 0 radical (unpaired) electrons. The Labute approximate surface area is 195 Å². The van der Waals surface area contributed by atoms with Gasteiger partial charge in [-0.05, 0) is 71.1 Å². The minimum atomic E-state index is 0.0735. The molecule has 0 aliphatic carbocycles. The van der Waals surface area contributed by atoms with Gasteiger partial charge in [-0.25, -0.2) is 0 Å². The Bertz CT molecular complexity index is 1390. The third-order valence-electron chi connectivity index (χ3n) is 6.55. The SMILES string of the molecule is Cc1cnc(-c2ccc3c4c2Oc2ccccc2B4c2ccccc2O3)cc1CC(C)(C)C. The summed E-state index contributed by atoms with van der Waals surface area (Å²) in [4.78, 5) is 4.83. The Morgan fingerprint density at radius 1 is 0.818 bits per heavy atom. The van der Waals surface area contributed by atoms with Crippen LogP contribution in [-0.2, 0) is 6.42 Å². The molecule has 0 bridgehead atoms. The van der Waals surface area contributed by atoms with Crippen LogP contribution in [0.5, 0.6) is 23.0 Å². The molecule has 6 rings (SSSR count). The molecular weight excluding hydrogens is 405 g/mol. The van der Waals surface area contributed by atoms with E-state index in [4.69, 9.17) is 14.5 Å². The molecule has 162 valence electrons. The number of benzene rings is 3. The molecule has 0 fully saturated rings. The number of hydrogen-bond acceptors (Lipinski definition) is 3. The molecule has 0 atom stereocenters. The summed E-state index contributed by atoms with van der Waals surface area (Å²) in [7, 11) is 0. The van der Waals surface area contributed by atoms with Crippen molar-refractivity contribution >= 4 is 23.1 Å². The van der Waals surface area contributed by atoms with Crippen molar-refractivity contribution in [2.45, 2.75) is 34.1 Å². The fourth-order valence-corrected chi connectivity index (χ4v) is 5.06. The minimum Gasteiger partial charge on any atom is -0.458 e. The van der Waals surface area contributed by atoms with E-state index in [2.05, 4.69) is 76.2 Å². The first kappa shape index (κ1) is 20.1. The van der Waals surface area contributed by atoms with E-state index in [1.165, 1.54) is 22.1 Å². The standard InChI is InChI=1S/C29H26BNO2/c1-18-17-31-23(15-19(18)16-29(2,3)4)20-13-14-26-27-28(20)33-25-12-8-6-10-22(25)30(27)21-9-5-7-11-24(21)32-26/h5-15,17H,16H2,1-4H3. The lowest BCUT2D eigenvalue weighted by molar-refractivity contribution is 0.410. The Hall–Kier alpha value is -3.53. The van der Waals surface area contributed by atoms with Crippen LogP contribution in [0.2, 0.25) is 0 Å². The summed E-state index contributed by atoms with van der Waals surface area (Å²) in [6.07, 6.45) is 2.99. The van der Waals surface area contributed by atoms with Crippen molar-refractivity contribution in [3.8, 4) is 34.3 Å². The minimum absolute atomic E-state index is 0.0735. The predicted molar refractivity (Wildman–Crippen MR) is 135 cm³/mol. The lowest BCUT2D eigenvalue weighted by Crippen LogP contribution is -2.57. The Kier molecular flexibility index (Phi) is 4.41. The monoisotopic (exact) mass is 431 g/mol. The molecule has 3 aromatic carbocycles.